The van der Waals surface area contributed by atoms with Gasteiger partial charge in [-0.1, -0.05) is 0 Å². The minimum atomic E-state index is -0.111. The van der Waals surface area contributed by atoms with Crippen LogP contribution in [-0.2, 0) is 9.57 Å². The normalized spacial score (nSPS) is 29.1. The summed E-state index contributed by atoms with van der Waals surface area (Å²) in [5.41, 5.74) is 3.03. The van der Waals surface area contributed by atoms with Crippen LogP contribution in [0, 0.1) is 0 Å². The molecule has 0 heterocycles. The lowest BCUT2D eigenvalue weighted by Crippen LogP contribution is -2.40. The number of hydrogen-bond acceptors (Lipinski definition) is 3. The Morgan fingerprint density at radius 3 is 2.50 bits per heavy atom. The number of nitrogens with one attached hydrogen (secondary N) is 1. The molecule has 0 aromatic heterocycles. The van der Waals surface area contributed by atoms with E-state index < -0.39 is 0 Å². The van der Waals surface area contributed by atoms with Gasteiger partial charge in [-0.25, -0.2) is 0 Å². The Balaban J connectivity index is 2.24. The van der Waals surface area contributed by atoms with E-state index in [2.05, 4.69) is 26.3 Å². The number of ether oxygens (including phenoxy) is 1. The molecule has 2 unspecified atom stereocenters. The van der Waals surface area contributed by atoms with Gasteiger partial charge in [-0.3, -0.25) is 4.84 Å². The zero-order valence-corrected chi connectivity index (χ0v) is 9.80. The van der Waals surface area contributed by atoms with Crippen LogP contribution in [-0.4, -0.2) is 24.9 Å². The molecular weight excluding hydrogens is 178 g/mol. The van der Waals surface area contributed by atoms with Gasteiger partial charge in [-0.2, -0.15) is 5.48 Å². The minimum Gasteiger partial charge on any atom is -0.381 e. The van der Waals surface area contributed by atoms with E-state index in [0.29, 0.717) is 12.1 Å². The average Bonchev–Trinajstić information content (AvgIpc) is 2.14. The highest BCUT2D eigenvalue weighted by Crippen LogP contribution is 2.21. The molecule has 0 aromatic rings. The van der Waals surface area contributed by atoms with Gasteiger partial charge in [0.25, 0.3) is 0 Å². The fourth-order valence-corrected chi connectivity index (χ4v) is 1.73. The highest BCUT2D eigenvalue weighted by atomic mass is 16.7. The molecule has 84 valence electrons. The van der Waals surface area contributed by atoms with Crippen molar-refractivity contribution in [3.05, 3.63) is 0 Å². The highest BCUT2D eigenvalue weighted by Gasteiger charge is 2.23. The van der Waals surface area contributed by atoms with Gasteiger partial charge in [0.05, 0.1) is 11.7 Å². The quantitative estimate of drug-likeness (QED) is 0.710. The topological polar surface area (TPSA) is 30.5 Å². The molecule has 2 atom stereocenters. The Morgan fingerprint density at radius 2 is 1.93 bits per heavy atom. The van der Waals surface area contributed by atoms with Crippen molar-refractivity contribution in [1.82, 2.24) is 5.48 Å². The second kappa shape index (κ2) is 5.10. The zero-order chi connectivity index (χ0) is 10.6. The molecule has 3 nitrogen and oxygen atoms in total. The predicted molar refractivity (Wildman–Crippen MR) is 57.0 cm³/mol. The summed E-state index contributed by atoms with van der Waals surface area (Å²) < 4.78 is 5.36. The van der Waals surface area contributed by atoms with Crippen LogP contribution in [0.3, 0.4) is 0 Å². The second-order valence-electron chi connectivity index (χ2n) is 5.05. The molecule has 0 bridgehead atoms. The van der Waals surface area contributed by atoms with E-state index in [1.807, 2.05) is 0 Å². The van der Waals surface area contributed by atoms with Crippen LogP contribution in [0.2, 0.25) is 0 Å². The summed E-state index contributed by atoms with van der Waals surface area (Å²) in [6.07, 6.45) is 5.07. The van der Waals surface area contributed by atoms with Crippen LogP contribution in [0.15, 0.2) is 0 Å². The summed E-state index contributed by atoms with van der Waals surface area (Å²) in [7, 11) is 1.79. The molecule has 0 aromatic carbocycles. The van der Waals surface area contributed by atoms with Gasteiger partial charge < -0.3 is 4.74 Å². The van der Waals surface area contributed by atoms with Gasteiger partial charge in [-0.05, 0) is 46.5 Å². The van der Waals surface area contributed by atoms with Crippen LogP contribution in [0.5, 0.6) is 0 Å². The van der Waals surface area contributed by atoms with Crippen molar-refractivity contribution in [2.45, 2.75) is 64.2 Å². The average molecular weight is 201 g/mol. The van der Waals surface area contributed by atoms with Gasteiger partial charge >= 0.3 is 0 Å². The molecule has 1 rings (SSSR count). The lowest BCUT2D eigenvalue weighted by molar-refractivity contribution is -0.101. The first-order chi connectivity index (χ1) is 6.51. The number of rotatable bonds is 3. The Hall–Kier alpha value is -0.120. The first-order valence-corrected chi connectivity index (χ1v) is 5.47. The number of hydroxylamine groups is 1. The summed E-state index contributed by atoms with van der Waals surface area (Å²) in [6, 6.07) is 0.452. The maximum absolute atomic E-state index is 5.56. The molecule has 14 heavy (non-hydrogen) atoms. The fourth-order valence-electron chi connectivity index (χ4n) is 1.73. The van der Waals surface area contributed by atoms with E-state index in [0.717, 1.165) is 6.42 Å². The highest BCUT2D eigenvalue weighted by molar-refractivity contribution is 4.76. The zero-order valence-electron chi connectivity index (χ0n) is 9.80. The van der Waals surface area contributed by atoms with Gasteiger partial charge in [-0.15, -0.1) is 0 Å². The first kappa shape index (κ1) is 12.0. The lowest BCUT2D eigenvalue weighted by atomic mass is 9.93. The molecule has 1 aliphatic rings. The van der Waals surface area contributed by atoms with Crippen molar-refractivity contribution >= 4 is 0 Å². The summed E-state index contributed by atoms with van der Waals surface area (Å²) in [5, 5.41) is 0. The largest absolute Gasteiger partial charge is 0.381 e. The summed E-state index contributed by atoms with van der Waals surface area (Å²) in [5.74, 6) is 0. The molecule has 0 spiro atoms. The number of methoxy groups -OCH3 is 1. The summed E-state index contributed by atoms with van der Waals surface area (Å²) in [6.45, 7) is 6.16. The van der Waals surface area contributed by atoms with E-state index in [9.17, 15) is 0 Å². The van der Waals surface area contributed by atoms with Gasteiger partial charge in [0.2, 0.25) is 0 Å². The molecular formula is C11H23NO2. The van der Waals surface area contributed by atoms with Gasteiger partial charge in [0, 0.05) is 13.2 Å². The van der Waals surface area contributed by atoms with E-state index in [1.54, 1.807) is 7.11 Å². The van der Waals surface area contributed by atoms with Crippen LogP contribution in [0.25, 0.3) is 0 Å². The molecule has 1 aliphatic carbocycles. The van der Waals surface area contributed by atoms with Crippen molar-refractivity contribution in [2.24, 2.45) is 0 Å². The van der Waals surface area contributed by atoms with Crippen LogP contribution >= 0.6 is 0 Å². The molecule has 0 radical (unpaired) electrons. The first-order valence-electron chi connectivity index (χ1n) is 5.47. The summed E-state index contributed by atoms with van der Waals surface area (Å²) in [4.78, 5) is 5.56. The van der Waals surface area contributed by atoms with E-state index in [1.165, 1.54) is 19.3 Å². The molecule has 1 N–H and O–H groups in total. The van der Waals surface area contributed by atoms with E-state index >= 15 is 0 Å². The molecule has 1 saturated carbocycles. The standard InChI is InChI=1S/C11H23NO2/c1-11(2,3)14-12-9-6-5-7-10(8-9)13-4/h9-10,12H,5-8H2,1-4H3. The third-order valence-electron chi connectivity index (χ3n) is 2.49. The smallest absolute Gasteiger partial charge is 0.0813 e. The van der Waals surface area contributed by atoms with Crippen LogP contribution in [0.4, 0.5) is 0 Å². The Kier molecular flexibility index (Phi) is 4.35. The van der Waals surface area contributed by atoms with Crippen molar-refractivity contribution in [2.75, 3.05) is 7.11 Å². The van der Waals surface area contributed by atoms with E-state index in [-0.39, 0.29) is 5.60 Å². The lowest BCUT2D eigenvalue weighted by Gasteiger charge is -2.31. The van der Waals surface area contributed by atoms with Crippen LogP contribution in [0.1, 0.15) is 46.5 Å². The summed E-state index contributed by atoms with van der Waals surface area (Å²) >= 11 is 0. The monoisotopic (exact) mass is 201 g/mol. The third-order valence-corrected chi connectivity index (χ3v) is 2.49. The van der Waals surface area contributed by atoms with E-state index in [4.69, 9.17) is 9.57 Å². The molecule has 3 heteroatoms. The maximum atomic E-state index is 5.56. The number of hydrogen-bond donors (Lipinski definition) is 1. The SMILES string of the molecule is COC1CCCC(NOC(C)(C)C)C1. The molecule has 1 fully saturated rings. The van der Waals surface area contributed by atoms with Crippen molar-refractivity contribution < 1.29 is 9.57 Å². The maximum Gasteiger partial charge on any atom is 0.0813 e. The fraction of sp³-hybridized carbons (Fsp3) is 1.00. The van der Waals surface area contributed by atoms with Crippen molar-refractivity contribution in [1.29, 1.82) is 0 Å². The van der Waals surface area contributed by atoms with Gasteiger partial charge in [0.15, 0.2) is 0 Å². The second-order valence-corrected chi connectivity index (χ2v) is 5.05. The Morgan fingerprint density at radius 1 is 1.21 bits per heavy atom. The molecule has 0 aliphatic heterocycles. The third kappa shape index (κ3) is 4.40. The Labute approximate surface area is 87.1 Å². The van der Waals surface area contributed by atoms with Crippen LogP contribution < -0.4 is 5.48 Å². The molecule has 0 amide bonds. The van der Waals surface area contributed by atoms with Crippen molar-refractivity contribution in [3.63, 3.8) is 0 Å². The Bertz CT molecular complexity index is 165. The van der Waals surface area contributed by atoms with Crippen molar-refractivity contribution in [3.8, 4) is 0 Å². The molecule has 0 saturated heterocycles. The minimum absolute atomic E-state index is 0.111. The predicted octanol–water partition coefficient (Wildman–Crippen LogP) is 2.26. The van der Waals surface area contributed by atoms with Gasteiger partial charge in [0.1, 0.15) is 0 Å².